The van der Waals surface area contributed by atoms with Gasteiger partial charge in [0.05, 0.1) is 6.04 Å². The van der Waals surface area contributed by atoms with Crippen LogP contribution in [0.25, 0.3) is 0 Å². The largest absolute Gasteiger partial charge is 0.406 e. The number of carbonyl (C=O) groups excluding carboxylic acids is 1. The molecule has 1 atom stereocenters. The van der Waals surface area contributed by atoms with Crippen LogP contribution in [0.3, 0.4) is 0 Å². The fourth-order valence-electron chi connectivity index (χ4n) is 1.50. The fraction of sp³-hybridized carbons (Fsp3) is 0.667. The van der Waals surface area contributed by atoms with E-state index in [4.69, 9.17) is 10.2 Å². The van der Waals surface area contributed by atoms with E-state index < -0.39 is 0 Å². The predicted octanol–water partition coefficient (Wildman–Crippen LogP) is -0.584. The molecular weight excluding hydrogens is 210 g/mol. The Balaban J connectivity index is 2.07. The minimum absolute atomic E-state index is 0.0504. The maximum Gasteiger partial charge on any atom is 0.318 e. The second-order valence-corrected chi connectivity index (χ2v) is 3.80. The van der Waals surface area contributed by atoms with Crippen molar-refractivity contribution in [2.75, 3.05) is 24.5 Å². The fourth-order valence-corrected chi connectivity index (χ4v) is 1.50. The average molecular weight is 225 g/mol. The lowest BCUT2D eigenvalue weighted by Crippen LogP contribution is -2.28. The summed E-state index contributed by atoms with van der Waals surface area (Å²) in [6.07, 6.45) is 0.440. The summed E-state index contributed by atoms with van der Waals surface area (Å²) in [5.74, 6) is 0.466. The van der Waals surface area contributed by atoms with E-state index in [0.717, 1.165) is 0 Å². The maximum atomic E-state index is 11.1. The van der Waals surface area contributed by atoms with E-state index in [1.165, 1.54) is 0 Å². The van der Waals surface area contributed by atoms with Gasteiger partial charge in [0.2, 0.25) is 11.8 Å². The Morgan fingerprint density at radius 1 is 1.50 bits per heavy atom. The lowest BCUT2D eigenvalue weighted by atomic mass is 10.4. The summed E-state index contributed by atoms with van der Waals surface area (Å²) in [6.45, 7) is 3.64. The molecule has 1 aromatic rings. The molecule has 2 heterocycles. The average Bonchev–Trinajstić information content (AvgIpc) is 2.63. The number of amides is 1. The second-order valence-electron chi connectivity index (χ2n) is 3.80. The van der Waals surface area contributed by atoms with Crippen LogP contribution in [-0.2, 0) is 4.79 Å². The normalized spacial score (nSPS) is 19.1. The molecule has 0 radical (unpaired) electrons. The number of nitrogens with two attached hydrogens (primary N) is 1. The standard InChI is InChI=1S/C9H15N5O2/c1-6(10)8-12-13-9(16-8)14-4-2-7(15)11-3-5-14/h6H,2-5,10H2,1H3,(H,11,15). The Labute approximate surface area is 93.0 Å². The molecule has 0 saturated carbocycles. The Kier molecular flexibility index (Phi) is 3.04. The van der Waals surface area contributed by atoms with Crippen molar-refractivity contribution >= 4 is 11.9 Å². The van der Waals surface area contributed by atoms with Crippen molar-refractivity contribution in [3.05, 3.63) is 5.89 Å². The molecule has 1 aliphatic heterocycles. The molecule has 7 heteroatoms. The molecule has 3 N–H and O–H groups in total. The lowest BCUT2D eigenvalue weighted by Gasteiger charge is -2.15. The summed E-state index contributed by atoms with van der Waals surface area (Å²) >= 11 is 0. The van der Waals surface area contributed by atoms with Crippen molar-refractivity contribution in [2.45, 2.75) is 19.4 Å². The number of rotatable bonds is 2. The Bertz CT molecular complexity index is 376. The van der Waals surface area contributed by atoms with Gasteiger partial charge in [0.15, 0.2) is 0 Å². The molecule has 0 bridgehead atoms. The van der Waals surface area contributed by atoms with E-state index in [1.807, 2.05) is 4.90 Å². The molecule has 1 aliphatic rings. The molecule has 7 nitrogen and oxygen atoms in total. The SMILES string of the molecule is CC(N)c1nnc(N2CCNC(=O)CC2)o1. The van der Waals surface area contributed by atoms with E-state index in [1.54, 1.807) is 6.92 Å². The lowest BCUT2D eigenvalue weighted by molar-refractivity contribution is -0.120. The van der Waals surface area contributed by atoms with Gasteiger partial charge in [-0.3, -0.25) is 4.79 Å². The highest BCUT2D eigenvalue weighted by molar-refractivity contribution is 5.76. The number of hydrogen-bond acceptors (Lipinski definition) is 6. The Morgan fingerprint density at radius 2 is 2.31 bits per heavy atom. The third-order valence-electron chi connectivity index (χ3n) is 2.40. The van der Waals surface area contributed by atoms with E-state index >= 15 is 0 Å². The van der Waals surface area contributed by atoms with Gasteiger partial charge in [0.1, 0.15) is 0 Å². The van der Waals surface area contributed by atoms with Gasteiger partial charge in [0.25, 0.3) is 0 Å². The molecular formula is C9H15N5O2. The van der Waals surface area contributed by atoms with Gasteiger partial charge in [-0.1, -0.05) is 5.10 Å². The molecule has 1 saturated heterocycles. The van der Waals surface area contributed by atoms with Crippen LogP contribution in [0, 0.1) is 0 Å². The maximum absolute atomic E-state index is 11.1. The van der Waals surface area contributed by atoms with E-state index in [2.05, 4.69) is 15.5 Å². The van der Waals surface area contributed by atoms with E-state index in [-0.39, 0.29) is 11.9 Å². The summed E-state index contributed by atoms with van der Waals surface area (Å²) < 4.78 is 5.41. The first-order valence-electron chi connectivity index (χ1n) is 5.27. The highest BCUT2D eigenvalue weighted by Gasteiger charge is 2.19. The number of anilines is 1. The minimum atomic E-state index is -0.270. The predicted molar refractivity (Wildman–Crippen MR) is 56.7 cm³/mol. The number of nitrogens with one attached hydrogen (secondary N) is 1. The smallest absolute Gasteiger partial charge is 0.318 e. The molecule has 1 unspecified atom stereocenters. The first-order chi connectivity index (χ1) is 7.66. The Morgan fingerprint density at radius 3 is 3.00 bits per heavy atom. The molecule has 1 amide bonds. The number of carbonyl (C=O) groups is 1. The molecule has 16 heavy (non-hydrogen) atoms. The molecule has 0 aromatic carbocycles. The van der Waals surface area contributed by atoms with Gasteiger partial charge < -0.3 is 20.4 Å². The zero-order valence-electron chi connectivity index (χ0n) is 9.14. The molecule has 1 fully saturated rings. The first-order valence-corrected chi connectivity index (χ1v) is 5.27. The van der Waals surface area contributed by atoms with Crippen LogP contribution in [-0.4, -0.2) is 35.7 Å². The highest BCUT2D eigenvalue weighted by atomic mass is 16.4. The number of nitrogens with zero attached hydrogens (tertiary/aromatic N) is 3. The highest BCUT2D eigenvalue weighted by Crippen LogP contribution is 2.16. The molecule has 88 valence electrons. The van der Waals surface area contributed by atoms with Gasteiger partial charge in [-0.25, -0.2) is 0 Å². The summed E-state index contributed by atoms with van der Waals surface area (Å²) in [5, 5.41) is 10.5. The van der Waals surface area contributed by atoms with Crippen molar-refractivity contribution < 1.29 is 9.21 Å². The van der Waals surface area contributed by atoms with Crippen LogP contribution in [0.4, 0.5) is 6.01 Å². The van der Waals surface area contributed by atoms with Crippen LogP contribution < -0.4 is 16.0 Å². The zero-order valence-corrected chi connectivity index (χ0v) is 9.14. The van der Waals surface area contributed by atoms with Gasteiger partial charge in [0, 0.05) is 26.1 Å². The molecule has 2 rings (SSSR count). The van der Waals surface area contributed by atoms with Crippen molar-refractivity contribution in [1.29, 1.82) is 0 Å². The first kappa shape index (κ1) is 10.9. The molecule has 0 spiro atoms. The monoisotopic (exact) mass is 225 g/mol. The van der Waals surface area contributed by atoms with Gasteiger partial charge in [-0.15, -0.1) is 5.10 Å². The molecule has 1 aromatic heterocycles. The summed E-state index contributed by atoms with van der Waals surface area (Å²) in [7, 11) is 0. The third kappa shape index (κ3) is 2.30. The van der Waals surface area contributed by atoms with Crippen LogP contribution in [0.5, 0.6) is 0 Å². The van der Waals surface area contributed by atoms with Crippen molar-refractivity contribution in [3.63, 3.8) is 0 Å². The zero-order chi connectivity index (χ0) is 11.5. The van der Waals surface area contributed by atoms with Crippen molar-refractivity contribution in [3.8, 4) is 0 Å². The van der Waals surface area contributed by atoms with Gasteiger partial charge >= 0.3 is 6.01 Å². The van der Waals surface area contributed by atoms with Crippen molar-refractivity contribution in [2.24, 2.45) is 5.73 Å². The number of hydrogen-bond donors (Lipinski definition) is 2. The topological polar surface area (TPSA) is 97.3 Å². The van der Waals surface area contributed by atoms with Crippen LogP contribution in [0.1, 0.15) is 25.3 Å². The third-order valence-corrected chi connectivity index (χ3v) is 2.40. The van der Waals surface area contributed by atoms with Crippen molar-refractivity contribution in [1.82, 2.24) is 15.5 Å². The van der Waals surface area contributed by atoms with E-state index in [9.17, 15) is 4.79 Å². The van der Waals surface area contributed by atoms with Crippen LogP contribution >= 0.6 is 0 Å². The van der Waals surface area contributed by atoms with E-state index in [0.29, 0.717) is 38.0 Å². The minimum Gasteiger partial charge on any atom is -0.406 e. The van der Waals surface area contributed by atoms with Gasteiger partial charge in [-0.2, -0.15) is 0 Å². The van der Waals surface area contributed by atoms with Crippen LogP contribution in [0.15, 0.2) is 4.42 Å². The molecule has 0 aliphatic carbocycles. The quantitative estimate of drug-likeness (QED) is 0.698. The Hall–Kier alpha value is -1.63. The van der Waals surface area contributed by atoms with Gasteiger partial charge in [-0.05, 0) is 6.92 Å². The summed E-state index contributed by atoms with van der Waals surface area (Å²) in [4.78, 5) is 13.0. The second kappa shape index (κ2) is 4.48. The summed E-state index contributed by atoms with van der Waals surface area (Å²) in [5.41, 5.74) is 5.63. The summed E-state index contributed by atoms with van der Waals surface area (Å²) in [6, 6.07) is 0.164. The van der Waals surface area contributed by atoms with Crippen LogP contribution in [0.2, 0.25) is 0 Å². The number of aromatic nitrogens is 2.